The summed E-state index contributed by atoms with van der Waals surface area (Å²) >= 11 is 1.42. The summed E-state index contributed by atoms with van der Waals surface area (Å²) in [5.41, 5.74) is 8.51. The number of carbonyl (C=O) groups is 5. The summed E-state index contributed by atoms with van der Waals surface area (Å²) in [4.78, 5) is 86.8. The van der Waals surface area contributed by atoms with Crippen molar-refractivity contribution in [1.29, 1.82) is 0 Å². The molecule has 2 N–H and O–H groups in total. The maximum Gasteiger partial charge on any atom is 0.324 e. The zero-order valence-electron chi connectivity index (χ0n) is 38.2. The van der Waals surface area contributed by atoms with Crippen molar-refractivity contribution in [3.05, 3.63) is 65.6 Å². The third-order valence-corrected chi connectivity index (χ3v) is 13.6. The number of hydrogen-bond donors (Lipinski definition) is 2. The lowest BCUT2D eigenvalue weighted by Gasteiger charge is -2.37. The molecule has 2 fully saturated rings. The van der Waals surface area contributed by atoms with E-state index in [1.807, 2.05) is 38.4 Å². The Kier molecular flexibility index (Phi) is 14.0. The number of nitrogens with one attached hydrogen (secondary N) is 2. The van der Waals surface area contributed by atoms with Gasteiger partial charge in [-0.05, 0) is 75.3 Å². The number of thiazole rings is 1. The molecule has 5 atom stereocenters. The van der Waals surface area contributed by atoms with Crippen molar-refractivity contribution < 1.29 is 33.4 Å². The van der Waals surface area contributed by atoms with Gasteiger partial charge in [0.25, 0.3) is 5.91 Å². The van der Waals surface area contributed by atoms with E-state index in [9.17, 15) is 24.0 Å². The summed E-state index contributed by atoms with van der Waals surface area (Å²) in [5, 5.41) is 7.93. The molecule has 4 aromatic heterocycles. The van der Waals surface area contributed by atoms with E-state index in [4.69, 9.17) is 24.4 Å². The smallest absolute Gasteiger partial charge is 0.324 e. The van der Waals surface area contributed by atoms with Gasteiger partial charge in [0.15, 0.2) is 0 Å². The van der Waals surface area contributed by atoms with Crippen molar-refractivity contribution in [2.45, 2.75) is 104 Å². The van der Waals surface area contributed by atoms with E-state index in [1.165, 1.54) is 27.3 Å². The van der Waals surface area contributed by atoms with E-state index >= 15 is 0 Å². The number of ether oxygens (including phenoxy) is 2. The molecular formula is C47H61N9O7S. The van der Waals surface area contributed by atoms with Crippen LogP contribution in [0, 0.1) is 17.3 Å². The van der Waals surface area contributed by atoms with Gasteiger partial charge in [-0.2, -0.15) is 0 Å². The SMILES string of the molecule is C=CC(=O)N1CC[C@H](C(=O)N(C)C(C(=O)N[C@H]2Cc3csc(n3)-c3cnc4c(c3)c(c(-c3cccnc3[C@H](C)OC)n4CC)CC(C)(C)COC(=O)[C@@H]3CCCN(N3)C2=O)C(C)C)C1. The van der Waals surface area contributed by atoms with Gasteiger partial charge < -0.3 is 29.2 Å². The first kappa shape index (κ1) is 46.5. The molecule has 2 saturated heterocycles. The highest BCUT2D eigenvalue weighted by Gasteiger charge is 2.40. The number of methoxy groups -OCH3 is 1. The van der Waals surface area contributed by atoms with E-state index in [2.05, 4.69) is 54.8 Å². The Morgan fingerprint density at radius 1 is 1.17 bits per heavy atom. The molecule has 16 nitrogen and oxygen atoms in total. The number of amides is 4. The number of rotatable bonds is 10. The number of cyclic esters (lactones) is 1. The molecule has 0 saturated carbocycles. The van der Waals surface area contributed by atoms with Crippen LogP contribution in [0.3, 0.4) is 0 Å². The Labute approximate surface area is 378 Å². The highest BCUT2D eigenvalue weighted by molar-refractivity contribution is 7.13. The monoisotopic (exact) mass is 895 g/mol. The number of nitrogens with zero attached hydrogens (tertiary/aromatic N) is 7. The number of hydrazine groups is 1. The zero-order chi connectivity index (χ0) is 46.0. The first-order valence-corrected chi connectivity index (χ1v) is 23.1. The topological polar surface area (TPSA) is 181 Å². The molecule has 4 aromatic rings. The Bertz CT molecular complexity index is 2430. The van der Waals surface area contributed by atoms with E-state index in [0.29, 0.717) is 56.0 Å². The second kappa shape index (κ2) is 19.3. The number of likely N-dealkylation sites (N-methyl/N-ethyl adjacent to an activating group) is 1. The molecule has 6 bridgehead atoms. The van der Waals surface area contributed by atoms with Crippen LogP contribution in [-0.2, 0) is 52.8 Å². The lowest BCUT2D eigenvalue weighted by atomic mass is 9.84. The standard InChI is InChI=1S/C47H61N9O7S/c1-10-37(57)54-19-16-29(24-54)44(59)53(8)39(27(3)4)42(58)51-36-21-31-25-64-43(50-31)30-20-33-34(22-47(6,7)26-63-46(61)35-15-13-18-56(52-35)45(36)60)40(55(11-2)41(33)49-23-30)32-14-12-17-48-38(32)28(5)62-9/h10,12,14,17,20,23,25,27-29,35-36,39,52H,1,11,13,15-16,18-19,21-22,24,26H2,2-9H3,(H,51,58)/t28-,29-,35-,36-,39?/m0/s1. The second-order valence-electron chi connectivity index (χ2n) is 18.3. The number of likely N-dealkylation sites (tertiary alicyclic amines) is 1. The average Bonchev–Trinajstić information content (AvgIpc) is 4.05. The molecule has 0 aliphatic carbocycles. The van der Waals surface area contributed by atoms with Crippen molar-refractivity contribution in [2.75, 3.05) is 40.4 Å². The molecule has 7 rings (SSSR count). The largest absolute Gasteiger partial charge is 0.464 e. The van der Waals surface area contributed by atoms with Crippen LogP contribution in [0.2, 0.25) is 0 Å². The lowest BCUT2D eigenvalue weighted by Crippen LogP contribution is -2.62. The molecule has 64 heavy (non-hydrogen) atoms. The molecule has 4 amide bonds. The quantitative estimate of drug-likeness (QED) is 0.160. The molecule has 3 aliphatic rings. The number of esters is 1. The lowest BCUT2D eigenvalue weighted by molar-refractivity contribution is -0.155. The first-order valence-electron chi connectivity index (χ1n) is 22.2. The molecule has 0 radical (unpaired) electrons. The van der Waals surface area contributed by atoms with Gasteiger partial charge in [-0.1, -0.05) is 34.3 Å². The molecule has 342 valence electrons. The van der Waals surface area contributed by atoms with Crippen LogP contribution in [0.4, 0.5) is 0 Å². The maximum absolute atomic E-state index is 14.6. The van der Waals surface area contributed by atoms with Gasteiger partial charge >= 0.3 is 5.97 Å². The molecule has 0 aromatic carbocycles. The summed E-state index contributed by atoms with van der Waals surface area (Å²) in [6, 6.07) is 3.29. The molecular weight excluding hydrogens is 835 g/mol. The third-order valence-electron chi connectivity index (χ3n) is 12.7. The van der Waals surface area contributed by atoms with Crippen molar-refractivity contribution in [3.8, 4) is 21.8 Å². The number of aromatic nitrogens is 4. The molecule has 0 spiro atoms. The fourth-order valence-electron chi connectivity index (χ4n) is 9.30. The predicted octanol–water partition coefficient (Wildman–Crippen LogP) is 5.12. The highest BCUT2D eigenvalue weighted by Crippen LogP contribution is 2.41. The molecule has 17 heteroatoms. The summed E-state index contributed by atoms with van der Waals surface area (Å²) in [6.07, 6.45) is 6.59. The van der Waals surface area contributed by atoms with E-state index in [1.54, 1.807) is 25.3 Å². The molecule has 3 aliphatic heterocycles. The van der Waals surface area contributed by atoms with Crippen LogP contribution >= 0.6 is 11.3 Å². The number of hydrogen-bond acceptors (Lipinski definition) is 12. The maximum atomic E-state index is 14.6. The van der Waals surface area contributed by atoms with Crippen LogP contribution in [0.5, 0.6) is 0 Å². The van der Waals surface area contributed by atoms with Gasteiger partial charge in [0.2, 0.25) is 17.7 Å². The Morgan fingerprint density at radius 2 is 1.95 bits per heavy atom. The van der Waals surface area contributed by atoms with Crippen molar-refractivity contribution >= 4 is 52.0 Å². The Balaban J connectivity index is 1.27. The van der Waals surface area contributed by atoms with Crippen LogP contribution in [-0.4, -0.2) is 122 Å². The van der Waals surface area contributed by atoms with Gasteiger partial charge in [-0.15, -0.1) is 11.3 Å². The van der Waals surface area contributed by atoms with Crippen molar-refractivity contribution in [2.24, 2.45) is 17.3 Å². The highest BCUT2D eigenvalue weighted by atomic mass is 32.1. The van der Waals surface area contributed by atoms with Gasteiger partial charge in [0.1, 0.15) is 28.8 Å². The third kappa shape index (κ3) is 9.47. The van der Waals surface area contributed by atoms with E-state index in [-0.39, 0.29) is 43.4 Å². The number of pyridine rings is 2. The van der Waals surface area contributed by atoms with E-state index in [0.717, 1.165) is 39.1 Å². The van der Waals surface area contributed by atoms with Gasteiger partial charge in [0.05, 0.1) is 35.7 Å². The summed E-state index contributed by atoms with van der Waals surface area (Å²) in [5.74, 6) is -2.69. The summed E-state index contributed by atoms with van der Waals surface area (Å²) in [6.45, 7) is 17.2. The molecule has 7 heterocycles. The van der Waals surface area contributed by atoms with Crippen molar-refractivity contribution in [1.82, 2.24) is 45.1 Å². The minimum atomic E-state index is -1.10. The van der Waals surface area contributed by atoms with E-state index < -0.39 is 47.2 Å². The Hall–Kier alpha value is -5.52. The second-order valence-corrected chi connectivity index (χ2v) is 19.1. The van der Waals surface area contributed by atoms with Gasteiger partial charge in [-0.25, -0.2) is 15.4 Å². The van der Waals surface area contributed by atoms with Crippen LogP contribution in [0.25, 0.3) is 32.9 Å². The fraction of sp³-hybridized carbons (Fsp3) is 0.532. The zero-order valence-corrected chi connectivity index (χ0v) is 39.0. The predicted molar refractivity (Wildman–Crippen MR) is 243 cm³/mol. The first-order chi connectivity index (χ1) is 30.5. The number of fused-ring (bicyclic) bond motifs is 6. The number of aryl methyl sites for hydroxylation is 1. The van der Waals surface area contributed by atoms with Crippen molar-refractivity contribution in [3.63, 3.8) is 0 Å². The number of carbonyl (C=O) groups excluding carboxylic acids is 5. The van der Waals surface area contributed by atoms with Crippen LogP contribution in [0.15, 0.2) is 48.6 Å². The normalized spacial score (nSPS) is 21.3. The average molecular weight is 896 g/mol. The van der Waals surface area contributed by atoms with Crippen LogP contribution < -0.4 is 10.7 Å². The minimum absolute atomic E-state index is 0.0467. The fourth-order valence-corrected chi connectivity index (χ4v) is 10.1. The van der Waals surface area contributed by atoms with Crippen LogP contribution in [0.1, 0.15) is 83.9 Å². The Morgan fingerprint density at radius 3 is 2.67 bits per heavy atom. The van der Waals surface area contributed by atoms with Gasteiger partial charge in [-0.3, -0.25) is 34.0 Å². The summed E-state index contributed by atoms with van der Waals surface area (Å²) in [7, 11) is 3.26. The summed E-state index contributed by atoms with van der Waals surface area (Å²) < 4.78 is 14.1. The molecule has 1 unspecified atom stereocenters. The van der Waals surface area contributed by atoms with Gasteiger partial charge in [0, 0.05) is 86.5 Å². The minimum Gasteiger partial charge on any atom is -0.464 e.